The zero-order valence-corrected chi connectivity index (χ0v) is 9.43. The molecule has 1 unspecified atom stereocenters. The lowest BCUT2D eigenvalue weighted by atomic mass is 10.2. The predicted molar refractivity (Wildman–Crippen MR) is 62.5 cm³/mol. The van der Waals surface area contributed by atoms with Crippen LogP contribution in [0, 0.1) is 12.3 Å². The van der Waals surface area contributed by atoms with Gasteiger partial charge in [0.15, 0.2) is 0 Å². The smallest absolute Gasteiger partial charge is 0.409 e. The summed E-state index contributed by atoms with van der Waals surface area (Å²) >= 11 is 0. The number of benzene rings is 1. The number of nitrogens with one attached hydrogen (secondary N) is 2. The highest BCUT2D eigenvalue weighted by molar-refractivity contribution is 5.68. The van der Waals surface area contributed by atoms with Gasteiger partial charge in [0.1, 0.15) is 5.75 Å². The summed E-state index contributed by atoms with van der Waals surface area (Å²) in [6.45, 7) is 2.53. The molecule has 0 bridgehead atoms. The maximum absolute atomic E-state index is 10.7. The molecule has 5 heteroatoms. The fourth-order valence-corrected chi connectivity index (χ4v) is 1.14. The summed E-state index contributed by atoms with van der Waals surface area (Å²) in [7, 11) is 0. The van der Waals surface area contributed by atoms with Gasteiger partial charge in [0.05, 0.1) is 6.04 Å². The fraction of sp³-hybridized carbons (Fsp3) is 0.250. The minimum Gasteiger partial charge on any atom is -0.409 e. The molecule has 0 fully saturated rings. The Morgan fingerprint density at radius 2 is 2.18 bits per heavy atom. The number of terminal acetylenes is 1. The van der Waals surface area contributed by atoms with Crippen LogP contribution in [0.2, 0.25) is 0 Å². The summed E-state index contributed by atoms with van der Waals surface area (Å²) in [5, 5.41) is 11.4. The van der Waals surface area contributed by atoms with E-state index in [1.54, 1.807) is 24.3 Å². The molecule has 1 amide bonds. The van der Waals surface area contributed by atoms with Gasteiger partial charge in [-0.25, -0.2) is 10.3 Å². The average molecular weight is 234 g/mol. The second kappa shape index (κ2) is 6.53. The van der Waals surface area contributed by atoms with E-state index in [1.807, 2.05) is 6.92 Å². The Labute approximate surface area is 99.7 Å². The second-order valence-electron chi connectivity index (χ2n) is 3.41. The molecule has 0 aliphatic heterocycles. The van der Waals surface area contributed by atoms with Gasteiger partial charge in [0.25, 0.3) is 0 Å². The molecule has 0 aliphatic rings. The van der Waals surface area contributed by atoms with Gasteiger partial charge in [0, 0.05) is 6.54 Å². The summed E-state index contributed by atoms with van der Waals surface area (Å²) in [4.78, 5) is 10.7. The van der Waals surface area contributed by atoms with E-state index in [0.29, 0.717) is 12.3 Å². The van der Waals surface area contributed by atoms with Gasteiger partial charge in [0.2, 0.25) is 0 Å². The summed E-state index contributed by atoms with van der Waals surface area (Å²) in [5.74, 6) is 2.92. The standard InChI is InChI=1S/C12H14N2O3/c1-3-9(2)13-8-10-4-6-11(7-5-10)17-12(15)14-16/h1,4-7,9,13,16H,8H2,2H3,(H,14,15). The minimum atomic E-state index is -0.920. The van der Waals surface area contributed by atoms with Crippen LogP contribution >= 0.6 is 0 Å². The lowest BCUT2D eigenvalue weighted by Gasteiger charge is -2.08. The molecule has 0 aromatic heterocycles. The van der Waals surface area contributed by atoms with Crippen LogP contribution in [0.3, 0.4) is 0 Å². The van der Waals surface area contributed by atoms with E-state index in [1.165, 1.54) is 5.48 Å². The normalized spacial score (nSPS) is 11.4. The maximum atomic E-state index is 10.7. The van der Waals surface area contributed by atoms with Gasteiger partial charge in [-0.2, -0.15) is 0 Å². The number of amides is 1. The maximum Gasteiger partial charge on any atom is 0.436 e. The van der Waals surface area contributed by atoms with E-state index in [2.05, 4.69) is 11.2 Å². The number of hydrogen-bond acceptors (Lipinski definition) is 4. The largest absolute Gasteiger partial charge is 0.436 e. The molecule has 1 rings (SSSR count). The van der Waals surface area contributed by atoms with E-state index >= 15 is 0 Å². The van der Waals surface area contributed by atoms with Crippen molar-refractivity contribution >= 4 is 6.09 Å². The van der Waals surface area contributed by atoms with Crippen molar-refractivity contribution in [2.24, 2.45) is 0 Å². The topological polar surface area (TPSA) is 70.6 Å². The molecule has 0 radical (unpaired) electrons. The van der Waals surface area contributed by atoms with Gasteiger partial charge < -0.3 is 4.74 Å². The highest BCUT2D eigenvalue weighted by atomic mass is 16.6. The highest BCUT2D eigenvalue weighted by Gasteiger charge is 2.02. The average Bonchev–Trinajstić information content (AvgIpc) is 2.37. The zero-order valence-electron chi connectivity index (χ0n) is 9.43. The number of hydrogen-bond donors (Lipinski definition) is 3. The van der Waals surface area contributed by atoms with Crippen molar-refractivity contribution in [3.8, 4) is 18.1 Å². The molecule has 1 aromatic carbocycles. The van der Waals surface area contributed by atoms with Crippen molar-refractivity contribution in [2.45, 2.75) is 19.5 Å². The van der Waals surface area contributed by atoms with Crippen LogP contribution in [-0.2, 0) is 6.54 Å². The van der Waals surface area contributed by atoms with Gasteiger partial charge in [-0.1, -0.05) is 18.1 Å². The summed E-state index contributed by atoms with van der Waals surface area (Å²) < 4.78 is 4.71. The van der Waals surface area contributed by atoms with Crippen LogP contribution in [0.15, 0.2) is 24.3 Å². The van der Waals surface area contributed by atoms with Crippen LogP contribution in [0.25, 0.3) is 0 Å². The first-order valence-electron chi connectivity index (χ1n) is 5.06. The Kier molecular flexibility index (Phi) is 5.01. The quantitative estimate of drug-likeness (QED) is 0.417. The van der Waals surface area contributed by atoms with Crippen LogP contribution in [-0.4, -0.2) is 17.3 Å². The van der Waals surface area contributed by atoms with Crippen molar-refractivity contribution in [2.75, 3.05) is 0 Å². The highest BCUT2D eigenvalue weighted by Crippen LogP contribution is 2.12. The summed E-state index contributed by atoms with van der Waals surface area (Å²) in [6, 6.07) is 6.87. The molecule has 0 saturated carbocycles. The zero-order chi connectivity index (χ0) is 12.7. The van der Waals surface area contributed by atoms with E-state index in [0.717, 1.165) is 5.56 Å². The molecule has 0 heterocycles. The first-order chi connectivity index (χ1) is 8.15. The fourth-order valence-electron chi connectivity index (χ4n) is 1.14. The van der Waals surface area contributed by atoms with Crippen LogP contribution in [0.1, 0.15) is 12.5 Å². The molecule has 0 spiro atoms. The molecule has 1 atom stereocenters. The third-order valence-electron chi connectivity index (χ3n) is 2.09. The molecule has 0 saturated heterocycles. The Morgan fingerprint density at radius 1 is 1.53 bits per heavy atom. The van der Waals surface area contributed by atoms with Gasteiger partial charge in [-0.15, -0.1) is 6.42 Å². The number of carbonyl (C=O) groups excluding carboxylic acids is 1. The Balaban J connectivity index is 2.51. The van der Waals surface area contributed by atoms with Crippen LogP contribution in [0.5, 0.6) is 5.75 Å². The van der Waals surface area contributed by atoms with E-state index in [4.69, 9.17) is 16.4 Å². The van der Waals surface area contributed by atoms with Crippen molar-refractivity contribution in [3.05, 3.63) is 29.8 Å². The third-order valence-corrected chi connectivity index (χ3v) is 2.09. The third kappa shape index (κ3) is 4.55. The lowest BCUT2D eigenvalue weighted by Crippen LogP contribution is -2.23. The predicted octanol–water partition coefficient (Wildman–Crippen LogP) is 1.28. The molecular formula is C12H14N2O3. The molecule has 1 aromatic rings. The Morgan fingerprint density at radius 3 is 2.71 bits per heavy atom. The Bertz CT molecular complexity index is 409. The van der Waals surface area contributed by atoms with Crippen LogP contribution < -0.4 is 15.5 Å². The minimum absolute atomic E-state index is 0.00564. The van der Waals surface area contributed by atoms with E-state index < -0.39 is 6.09 Å². The molecule has 90 valence electrons. The van der Waals surface area contributed by atoms with Crippen molar-refractivity contribution < 1.29 is 14.7 Å². The number of carbonyl (C=O) groups is 1. The number of ether oxygens (including phenoxy) is 1. The van der Waals surface area contributed by atoms with Gasteiger partial charge in [-0.05, 0) is 24.6 Å². The van der Waals surface area contributed by atoms with Gasteiger partial charge >= 0.3 is 6.09 Å². The molecule has 17 heavy (non-hydrogen) atoms. The lowest BCUT2D eigenvalue weighted by molar-refractivity contribution is 0.127. The number of rotatable bonds is 4. The molecule has 5 nitrogen and oxygen atoms in total. The van der Waals surface area contributed by atoms with Crippen molar-refractivity contribution in [3.63, 3.8) is 0 Å². The summed E-state index contributed by atoms with van der Waals surface area (Å²) in [6.07, 6.45) is 4.31. The molecule has 3 N–H and O–H groups in total. The van der Waals surface area contributed by atoms with Crippen molar-refractivity contribution in [1.29, 1.82) is 0 Å². The first-order valence-corrected chi connectivity index (χ1v) is 5.06. The first kappa shape index (κ1) is 13.0. The molecular weight excluding hydrogens is 220 g/mol. The second-order valence-corrected chi connectivity index (χ2v) is 3.41. The van der Waals surface area contributed by atoms with Gasteiger partial charge in [-0.3, -0.25) is 10.5 Å². The monoisotopic (exact) mass is 234 g/mol. The molecule has 0 aliphatic carbocycles. The van der Waals surface area contributed by atoms with E-state index in [9.17, 15) is 4.79 Å². The Hall–Kier alpha value is -2.03. The van der Waals surface area contributed by atoms with E-state index in [-0.39, 0.29) is 6.04 Å². The number of hydroxylamine groups is 1. The van der Waals surface area contributed by atoms with Crippen LogP contribution in [0.4, 0.5) is 4.79 Å². The summed E-state index contributed by atoms with van der Waals surface area (Å²) in [5.41, 5.74) is 2.40. The van der Waals surface area contributed by atoms with Crippen molar-refractivity contribution in [1.82, 2.24) is 10.8 Å². The SMILES string of the molecule is C#CC(C)NCc1ccc(OC(=O)NO)cc1.